The molecule has 3 aromatic rings. The average molecular weight is 310 g/mol. The van der Waals surface area contributed by atoms with Gasteiger partial charge in [0.15, 0.2) is 11.5 Å². The molecular formula is C16H14N4O3. The minimum atomic E-state index is -0.459. The Balaban J connectivity index is 1.81. The van der Waals surface area contributed by atoms with E-state index in [1.807, 2.05) is 31.2 Å². The van der Waals surface area contributed by atoms with Gasteiger partial charge in [0.25, 0.3) is 0 Å². The fourth-order valence-corrected chi connectivity index (χ4v) is 2.14. The molecule has 0 radical (unpaired) electrons. The van der Waals surface area contributed by atoms with Crippen molar-refractivity contribution >= 4 is 11.5 Å². The van der Waals surface area contributed by atoms with Crippen molar-refractivity contribution in [1.29, 1.82) is 0 Å². The van der Waals surface area contributed by atoms with Crippen LogP contribution in [0.15, 0.2) is 47.1 Å². The van der Waals surface area contributed by atoms with Gasteiger partial charge in [0.05, 0.1) is 6.26 Å². The van der Waals surface area contributed by atoms with E-state index < -0.39 is 5.78 Å². The SMILES string of the molecule is Cc1ccc(Cc2ccoc2C(=O)C=C(O)c2nn[nH]n2)cc1. The third-order valence-electron chi connectivity index (χ3n) is 3.33. The van der Waals surface area contributed by atoms with E-state index in [1.165, 1.54) is 11.8 Å². The van der Waals surface area contributed by atoms with E-state index in [-0.39, 0.29) is 17.3 Å². The summed E-state index contributed by atoms with van der Waals surface area (Å²) >= 11 is 0. The van der Waals surface area contributed by atoms with Crippen LogP contribution in [0.4, 0.5) is 0 Å². The van der Waals surface area contributed by atoms with Gasteiger partial charge in [0, 0.05) is 18.1 Å². The van der Waals surface area contributed by atoms with Crippen molar-refractivity contribution < 1.29 is 14.3 Å². The number of rotatable bonds is 5. The van der Waals surface area contributed by atoms with Crippen molar-refractivity contribution in [3.8, 4) is 0 Å². The number of aliphatic hydroxyl groups is 1. The highest BCUT2D eigenvalue weighted by Crippen LogP contribution is 2.18. The molecule has 2 heterocycles. The molecule has 2 N–H and O–H groups in total. The summed E-state index contributed by atoms with van der Waals surface area (Å²) in [4.78, 5) is 12.3. The van der Waals surface area contributed by atoms with Crippen molar-refractivity contribution in [1.82, 2.24) is 20.6 Å². The molecule has 0 aliphatic carbocycles. The van der Waals surface area contributed by atoms with Crippen LogP contribution < -0.4 is 0 Å². The van der Waals surface area contributed by atoms with Crippen LogP contribution in [-0.4, -0.2) is 31.5 Å². The summed E-state index contributed by atoms with van der Waals surface area (Å²) in [5.41, 5.74) is 2.98. The molecule has 3 rings (SSSR count). The molecule has 2 aromatic heterocycles. The second kappa shape index (κ2) is 6.27. The Morgan fingerprint density at radius 3 is 2.78 bits per heavy atom. The highest BCUT2D eigenvalue weighted by molar-refractivity contribution is 6.06. The van der Waals surface area contributed by atoms with Crippen molar-refractivity contribution in [2.24, 2.45) is 0 Å². The van der Waals surface area contributed by atoms with Gasteiger partial charge in [-0.2, -0.15) is 5.21 Å². The molecule has 0 saturated carbocycles. The predicted molar refractivity (Wildman–Crippen MR) is 81.8 cm³/mol. The number of furan rings is 1. The largest absolute Gasteiger partial charge is 0.504 e. The van der Waals surface area contributed by atoms with Crippen molar-refractivity contribution in [2.75, 3.05) is 0 Å². The zero-order valence-corrected chi connectivity index (χ0v) is 12.4. The van der Waals surface area contributed by atoms with Crippen LogP contribution in [-0.2, 0) is 6.42 Å². The molecule has 1 aromatic carbocycles. The van der Waals surface area contributed by atoms with E-state index in [2.05, 4.69) is 20.6 Å². The molecule has 0 bridgehead atoms. The molecule has 0 atom stereocenters. The van der Waals surface area contributed by atoms with Crippen LogP contribution in [0, 0.1) is 6.92 Å². The molecule has 23 heavy (non-hydrogen) atoms. The lowest BCUT2D eigenvalue weighted by Gasteiger charge is -2.02. The Hall–Kier alpha value is -3.22. The summed E-state index contributed by atoms with van der Waals surface area (Å²) < 4.78 is 5.27. The number of H-pyrrole nitrogens is 1. The summed E-state index contributed by atoms with van der Waals surface area (Å²) in [7, 11) is 0. The molecule has 116 valence electrons. The standard InChI is InChI=1S/C16H14N4O3/c1-10-2-4-11(5-3-10)8-12-6-7-23-15(12)13(21)9-14(22)16-17-19-20-18-16/h2-7,9,22H,8H2,1H3,(H,17,18,19,20). The van der Waals surface area contributed by atoms with Crippen molar-refractivity contribution in [2.45, 2.75) is 13.3 Å². The van der Waals surface area contributed by atoms with Crippen LogP contribution in [0.25, 0.3) is 5.76 Å². The van der Waals surface area contributed by atoms with E-state index in [0.717, 1.165) is 17.2 Å². The van der Waals surface area contributed by atoms with Crippen LogP contribution in [0.3, 0.4) is 0 Å². The second-order valence-corrected chi connectivity index (χ2v) is 5.07. The van der Waals surface area contributed by atoms with Gasteiger partial charge in [0.1, 0.15) is 0 Å². The number of ketones is 1. The number of hydrogen-bond donors (Lipinski definition) is 2. The summed E-state index contributed by atoms with van der Waals surface area (Å²) in [5.74, 6) is -0.702. The van der Waals surface area contributed by atoms with E-state index in [0.29, 0.717) is 6.42 Å². The van der Waals surface area contributed by atoms with Crippen LogP contribution in [0.5, 0.6) is 0 Å². The molecule has 7 heteroatoms. The Morgan fingerprint density at radius 1 is 1.30 bits per heavy atom. The molecule has 0 aliphatic heterocycles. The summed E-state index contributed by atoms with van der Waals surface area (Å²) in [6.07, 6.45) is 3.03. The highest BCUT2D eigenvalue weighted by Gasteiger charge is 2.16. The second-order valence-electron chi connectivity index (χ2n) is 5.07. The third-order valence-corrected chi connectivity index (χ3v) is 3.33. The molecule has 0 spiro atoms. The van der Waals surface area contributed by atoms with Gasteiger partial charge >= 0.3 is 0 Å². The number of nitrogens with one attached hydrogen (secondary N) is 1. The van der Waals surface area contributed by atoms with E-state index >= 15 is 0 Å². The first kappa shape index (κ1) is 14.7. The normalized spacial score (nSPS) is 11.6. The number of aromatic nitrogens is 4. The van der Waals surface area contributed by atoms with Gasteiger partial charge < -0.3 is 9.52 Å². The highest BCUT2D eigenvalue weighted by atomic mass is 16.3. The fraction of sp³-hybridized carbons (Fsp3) is 0.125. The van der Waals surface area contributed by atoms with E-state index in [4.69, 9.17) is 4.42 Å². The number of aryl methyl sites for hydroxylation is 1. The number of allylic oxidation sites excluding steroid dienone is 1. The first-order valence-corrected chi connectivity index (χ1v) is 6.94. The Kier molecular flexibility index (Phi) is 4.01. The van der Waals surface area contributed by atoms with Gasteiger partial charge in [0.2, 0.25) is 11.6 Å². The molecule has 0 amide bonds. The lowest BCUT2D eigenvalue weighted by atomic mass is 10.0. The first-order valence-electron chi connectivity index (χ1n) is 6.94. The number of nitrogens with zero attached hydrogens (tertiary/aromatic N) is 3. The molecule has 0 aliphatic rings. The minimum absolute atomic E-state index is 0.0509. The molecule has 0 fully saturated rings. The van der Waals surface area contributed by atoms with Gasteiger partial charge in [-0.3, -0.25) is 4.79 Å². The lowest BCUT2D eigenvalue weighted by Crippen LogP contribution is -2.00. The number of benzene rings is 1. The number of tetrazole rings is 1. The Bertz CT molecular complexity index is 833. The first-order chi connectivity index (χ1) is 11.1. The van der Waals surface area contributed by atoms with Gasteiger partial charge in [-0.05, 0) is 23.8 Å². The van der Waals surface area contributed by atoms with Crippen LogP contribution in [0.2, 0.25) is 0 Å². The quantitative estimate of drug-likeness (QED) is 0.426. The molecule has 0 saturated heterocycles. The number of carbonyl (C=O) groups excluding carboxylic acids is 1. The van der Waals surface area contributed by atoms with Crippen LogP contribution >= 0.6 is 0 Å². The van der Waals surface area contributed by atoms with Crippen LogP contribution in [0.1, 0.15) is 33.1 Å². The fourth-order valence-electron chi connectivity index (χ4n) is 2.14. The molecule has 0 unspecified atom stereocenters. The van der Waals surface area contributed by atoms with Crippen molar-refractivity contribution in [3.05, 3.63) is 70.9 Å². The number of aliphatic hydroxyl groups excluding tert-OH is 1. The average Bonchev–Trinajstić information content (AvgIpc) is 3.20. The Morgan fingerprint density at radius 2 is 2.09 bits per heavy atom. The van der Waals surface area contributed by atoms with E-state index in [9.17, 15) is 9.90 Å². The summed E-state index contributed by atoms with van der Waals surface area (Å²) in [5, 5.41) is 22.5. The summed E-state index contributed by atoms with van der Waals surface area (Å²) in [6, 6.07) is 9.77. The van der Waals surface area contributed by atoms with Gasteiger partial charge in [-0.1, -0.05) is 29.8 Å². The number of carbonyl (C=O) groups is 1. The zero-order chi connectivity index (χ0) is 16.2. The van der Waals surface area contributed by atoms with Gasteiger partial charge in [-0.25, -0.2) is 0 Å². The third kappa shape index (κ3) is 3.34. The minimum Gasteiger partial charge on any atom is -0.504 e. The predicted octanol–water partition coefficient (Wildman–Crippen LogP) is 2.47. The smallest absolute Gasteiger partial charge is 0.239 e. The maximum atomic E-state index is 12.3. The summed E-state index contributed by atoms with van der Waals surface area (Å²) in [6.45, 7) is 2.02. The number of hydrogen-bond acceptors (Lipinski definition) is 6. The monoisotopic (exact) mass is 310 g/mol. The maximum Gasteiger partial charge on any atom is 0.239 e. The van der Waals surface area contributed by atoms with E-state index in [1.54, 1.807) is 6.07 Å². The molecule has 7 nitrogen and oxygen atoms in total. The number of aromatic amines is 1. The zero-order valence-electron chi connectivity index (χ0n) is 12.4. The van der Waals surface area contributed by atoms with Gasteiger partial charge in [-0.15, -0.1) is 10.2 Å². The van der Waals surface area contributed by atoms with Crippen molar-refractivity contribution in [3.63, 3.8) is 0 Å². The molecular weight excluding hydrogens is 296 g/mol. The topological polar surface area (TPSA) is 105 Å². The maximum absolute atomic E-state index is 12.3. The Labute approximate surface area is 131 Å². The lowest BCUT2D eigenvalue weighted by molar-refractivity contribution is 0.102.